The summed E-state index contributed by atoms with van der Waals surface area (Å²) in [6, 6.07) is 7.19. The van der Waals surface area contributed by atoms with E-state index in [2.05, 4.69) is 23.5 Å². The summed E-state index contributed by atoms with van der Waals surface area (Å²) in [7, 11) is -3.78. The molecule has 156 valence electrons. The maximum atomic E-state index is 13.8. The Morgan fingerprint density at radius 1 is 1.13 bits per heavy atom. The van der Waals surface area contributed by atoms with E-state index in [-0.39, 0.29) is 38.9 Å². The number of aromatic nitrogens is 1. The van der Waals surface area contributed by atoms with Gasteiger partial charge < -0.3 is 0 Å². The lowest BCUT2D eigenvalue weighted by molar-refractivity contribution is 0.102. The maximum absolute atomic E-state index is 13.8. The van der Waals surface area contributed by atoms with Gasteiger partial charge in [-0.25, -0.2) is 22.2 Å². The van der Waals surface area contributed by atoms with Crippen LogP contribution in [-0.4, -0.2) is 36.7 Å². The zero-order valence-corrected chi connectivity index (χ0v) is 17.3. The van der Waals surface area contributed by atoms with Gasteiger partial charge in [-0.2, -0.15) is 4.31 Å². The predicted molar refractivity (Wildman–Crippen MR) is 113 cm³/mol. The van der Waals surface area contributed by atoms with Crippen molar-refractivity contribution in [3.63, 3.8) is 0 Å². The average Bonchev–Trinajstić information content (AvgIpc) is 3.10. The first kappa shape index (κ1) is 21.8. The van der Waals surface area contributed by atoms with Gasteiger partial charge in [-0.05, 0) is 30.3 Å². The molecule has 0 aliphatic rings. The SMILES string of the molecule is C=CCN(CC=C)S(=O)(=O)c1ccc(C(=O)Nc2nc3c(F)cc(F)cc3s2)cc1. The van der Waals surface area contributed by atoms with E-state index >= 15 is 0 Å². The number of amides is 1. The van der Waals surface area contributed by atoms with Crippen LogP contribution in [0.1, 0.15) is 10.4 Å². The Balaban J connectivity index is 1.80. The molecule has 0 atom stereocenters. The van der Waals surface area contributed by atoms with Crippen LogP contribution in [0.25, 0.3) is 10.2 Å². The number of thiazole rings is 1. The van der Waals surface area contributed by atoms with Gasteiger partial charge in [-0.1, -0.05) is 23.5 Å². The number of nitrogens with zero attached hydrogens (tertiary/aromatic N) is 2. The molecule has 0 aliphatic carbocycles. The molecule has 0 spiro atoms. The van der Waals surface area contributed by atoms with E-state index in [1.54, 1.807) is 0 Å². The Bertz CT molecular complexity index is 1210. The van der Waals surface area contributed by atoms with E-state index in [1.807, 2.05) is 0 Å². The van der Waals surface area contributed by atoms with Gasteiger partial charge in [-0.15, -0.1) is 13.2 Å². The van der Waals surface area contributed by atoms with E-state index in [0.717, 1.165) is 23.5 Å². The summed E-state index contributed by atoms with van der Waals surface area (Å²) in [5, 5.41) is 2.61. The number of anilines is 1. The largest absolute Gasteiger partial charge is 0.298 e. The molecule has 30 heavy (non-hydrogen) atoms. The minimum Gasteiger partial charge on any atom is -0.298 e. The van der Waals surface area contributed by atoms with Crippen molar-refractivity contribution in [1.29, 1.82) is 0 Å². The smallest absolute Gasteiger partial charge is 0.257 e. The second kappa shape index (κ2) is 8.82. The number of hydrogen-bond donors (Lipinski definition) is 1. The second-order valence-corrected chi connectivity index (χ2v) is 9.10. The summed E-state index contributed by atoms with van der Waals surface area (Å²) in [6.07, 6.45) is 2.94. The highest BCUT2D eigenvalue weighted by atomic mass is 32.2. The number of carbonyl (C=O) groups is 1. The first-order chi connectivity index (χ1) is 14.3. The van der Waals surface area contributed by atoms with E-state index in [1.165, 1.54) is 40.7 Å². The summed E-state index contributed by atoms with van der Waals surface area (Å²) in [6.45, 7) is 7.33. The lowest BCUT2D eigenvalue weighted by atomic mass is 10.2. The highest BCUT2D eigenvalue weighted by Crippen LogP contribution is 2.29. The van der Waals surface area contributed by atoms with Crippen molar-refractivity contribution in [2.45, 2.75) is 4.90 Å². The average molecular weight is 450 g/mol. The van der Waals surface area contributed by atoms with Crippen molar-refractivity contribution in [3.8, 4) is 0 Å². The maximum Gasteiger partial charge on any atom is 0.257 e. The van der Waals surface area contributed by atoms with Crippen LogP contribution in [0.2, 0.25) is 0 Å². The number of benzene rings is 2. The zero-order chi connectivity index (χ0) is 21.9. The molecule has 0 fully saturated rings. The molecule has 1 N–H and O–H groups in total. The Kier molecular flexibility index (Phi) is 6.40. The minimum atomic E-state index is -3.78. The lowest BCUT2D eigenvalue weighted by Gasteiger charge is -2.19. The van der Waals surface area contributed by atoms with E-state index in [0.29, 0.717) is 0 Å². The van der Waals surface area contributed by atoms with Crippen molar-refractivity contribution in [1.82, 2.24) is 9.29 Å². The minimum absolute atomic E-state index is 0.0142. The first-order valence-corrected chi connectivity index (χ1v) is 10.9. The van der Waals surface area contributed by atoms with Gasteiger partial charge in [0.05, 0.1) is 9.60 Å². The molecule has 3 rings (SSSR count). The number of halogens is 2. The van der Waals surface area contributed by atoms with Crippen LogP contribution >= 0.6 is 11.3 Å². The van der Waals surface area contributed by atoms with Gasteiger partial charge in [0.2, 0.25) is 10.0 Å². The summed E-state index contributed by atoms with van der Waals surface area (Å²) in [4.78, 5) is 16.4. The zero-order valence-electron chi connectivity index (χ0n) is 15.6. The third-order valence-corrected chi connectivity index (χ3v) is 6.82. The van der Waals surface area contributed by atoms with Crippen molar-refractivity contribution >= 4 is 42.6 Å². The van der Waals surface area contributed by atoms with E-state index in [9.17, 15) is 22.0 Å². The fourth-order valence-corrected chi connectivity index (χ4v) is 4.95. The Morgan fingerprint density at radius 3 is 2.37 bits per heavy atom. The normalized spacial score (nSPS) is 11.6. The summed E-state index contributed by atoms with van der Waals surface area (Å²) in [5.41, 5.74) is 0.140. The highest BCUT2D eigenvalue weighted by molar-refractivity contribution is 7.89. The standard InChI is InChI=1S/C20H17F2N3O3S2/c1-3-9-25(10-4-2)30(27,28)15-7-5-13(6-8-15)19(26)24-20-23-18-16(22)11-14(21)12-17(18)29-20/h3-8,11-12H,1-2,9-10H2,(H,23,24,26). The van der Waals surface area contributed by atoms with E-state index in [4.69, 9.17) is 0 Å². The fraction of sp³-hybridized carbons (Fsp3) is 0.100. The van der Waals surface area contributed by atoms with Crippen molar-refractivity contribution in [2.75, 3.05) is 18.4 Å². The molecule has 0 unspecified atom stereocenters. The molecule has 1 aromatic heterocycles. The number of rotatable bonds is 8. The summed E-state index contributed by atoms with van der Waals surface area (Å²) >= 11 is 0.926. The number of fused-ring (bicyclic) bond motifs is 1. The van der Waals surface area contributed by atoms with Crippen LogP contribution < -0.4 is 5.32 Å². The molecule has 10 heteroatoms. The van der Waals surface area contributed by atoms with Gasteiger partial charge in [0.25, 0.3) is 5.91 Å². The molecule has 2 aromatic carbocycles. The Hall–Kier alpha value is -2.95. The number of nitrogens with one attached hydrogen (secondary N) is 1. The quantitative estimate of drug-likeness (QED) is 0.523. The monoisotopic (exact) mass is 449 g/mol. The van der Waals surface area contributed by atoms with Gasteiger partial charge in [0, 0.05) is 24.7 Å². The molecule has 0 saturated carbocycles. The van der Waals surface area contributed by atoms with Gasteiger partial charge in [-0.3, -0.25) is 10.1 Å². The van der Waals surface area contributed by atoms with Gasteiger partial charge in [0.15, 0.2) is 10.9 Å². The number of carbonyl (C=O) groups excluding carboxylic acids is 1. The predicted octanol–water partition coefficient (Wildman–Crippen LogP) is 4.19. The fourth-order valence-electron chi connectivity index (χ4n) is 2.67. The van der Waals surface area contributed by atoms with E-state index < -0.39 is 27.6 Å². The van der Waals surface area contributed by atoms with Crippen LogP contribution in [0.4, 0.5) is 13.9 Å². The van der Waals surface area contributed by atoms with Gasteiger partial charge >= 0.3 is 0 Å². The molecule has 1 heterocycles. The van der Waals surface area contributed by atoms with Crippen molar-refractivity contribution in [2.24, 2.45) is 0 Å². The molecule has 6 nitrogen and oxygen atoms in total. The summed E-state index contributed by atoms with van der Waals surface area (Å²) in [5.74, 6) is -2.12. The van der Waals surface area contributed by atoms with Crippen LogP contribution in [0, 0.1) is 11.6 Å². The number of hydrogen-bond acceptors (Lipinski definition) is 5. The van der Waals surface area contributed by atoms with Gasteiger partial charge in [0.1, 0.15) is 11.3 Å². The second-order valence-electron chi connectivity index (χ2n) is 6.13. The molecule has 0 aliphatic heterocycles. The highest BCUT2D eigenvalue weighted by Gasteiger charge is 2.23. The summed E-state index contributed by atoms with van der Waals surface area (Å²) < 4.78 is 53.9. The molecular formula is C20H17F2N3O3S2. The Morgan fingerprint density at radius 2 is 1.77 bits per heavy atom. The number of sulfonamides is 1. The third kappa shape index (κ3) is 4.45. The van der Waals surface area contributed by atoms with Crippen LogP contribution in [0.5, 0.6) is 0 Å². The van der Waals surface area contributed by atoms with Crippen LogP contribution in [0.15, 0.2) is 66.6 Å². The topological polar surface area (TPSA) is 79.4 Å². The first-order valence-electron chi connectivity index (χ1n) is 8.65. The third-order valence-electron chi connectivity index (χ3n) is 4.05. The molecule has 1 amide bonds. The molecule has 3 aromatic rings. The van der Waals surface area contributed by atoms with Crippen molar-refractivity contribution in [3.05, 3.63) is 78.9 Å². The molecule has 0 radical (unpaired) electrons. The molecular weight excluding hydrogens is 432 g/mol. The lowest BCUT2D eigenvalue weighted by Crippen LogP contribution is -2.31. The molecule has 0 saturated heterocycles. The van der Waals surface area contributed by atoms with Crippen LogP contribution in [-0.2, 0) is 10.0 Å². The molecule has 0 bridgehead atoms. The Labute approximate surface area is 176 Å². The van der Waals surface area contributed by atoms with Crippen molar-refractivity contribution < 1.29 is 22.0 Å². The van der Waals surface area contributed by atoms with Crippen LogP contribution in [0.3, 0.4) is 0 Å².